The first-order valence-corrected chi connectivity index (χ1v) is 10.3. The normalized spacial score (nSPS) is 11.6. The van der Waals surface area contributed by atoms with Crippen molar-refractivity contribution >= 4 is 32.7 Å². The predicted octanol–water partition coefficient (Wildman–Crippen LogP) is 4.14. The number of nitrogens with one attached hydrogen (secondary N) is 1. The minimum atomic E-state index is -0.369. The maximum Gasteiger partial charge on any atom is 0.291 e. The van der Waals surface area contributed by atoms with Crippen LogP contribution in [0.3, 0.4) is 0 Å². The fourth-order valence-corrected chi connectivity index (χ4v) is 4.14. The van der Waals surface area contributed by atoms with E-state index < -0.39 is 0 Å². The summed E-state index contributed by atoms with van der Waals surface area (Å²) in [6.45, 7) is 0.0533. The highest BCUT2D eigenvalue weighted by atomic mass is 19.1. The molecular weight excluding hydrogens is 423 g/mol. The van der Waals surface area contributed by atoms with E-state index in [0.29, 0.717) is 22.7 Å². The first-order valence-electron chi connectivity index (χ1n) is 10.3. The Labute approximate surface area is 185 Å². The van der Waals surface area contributed by atoms with Gasteiger partial charge in [0.15, 0.2) is 0 Å². The van der Waals surface area contributed by atoms with E-state index in [1.54, 1.807) is 36.8 Å². The predicted molar refractivity (Wildman–Crippen MR) is 122 cm³/mol. The van der Waals surface area contributed by atoms with Gasteiger partial charge in [0.2, 0.25) is 5.88 Å². The zero-order valence-electron chi connectivity index (χ0n) is 17.5. The van der Waals surface area contributed by atoms with E-state index in [2.05, 4.69) is 20.3 Å². The van der Waals surface area contributed by atoms with Crippen LogP contribution in [0.4, 0.5) is 4.39 Å². The number of aryl methyl sites for hydroxylation is 1. The Morgan fingerprint density at radius 3 is 2.82 bits per heavy atom. The Balaban J connectivity index is 1.44. The highest BCUT2D eigenvalue weighted by Crippen LogP contribution is 2.32. The van der Waals surface area contributed by atoms with E-state index >= 15 is 0 Å². The quantitative estimate of drug-likeness (QED) is 0.445. The summed E-state index contributed by atoms with van der Waals surface area (Å²) in [5.41, 5.74) is 2.24. The molecule has 0 radical (unpaired) electrons. The summed E-state index contributed by atoms with van der Waals surface area (Å²) >= 11 is 0. The van der Waals surface area contributed by atoms with Gasteiger partial charge in [-0.3, -0.25) is 9.89 Å². The summed E-state index contributed by atoms with van der Waals surface area (Å²) < 4.78 is 23.2. The number of nitrogens with zero attached hydrogens (tertiary/aromatic N) is 5. The molecule has 9 heteroatoms. The lowest BCUT2D eigenvalue weighted by Gasteiger charge is -2.07. The number of pyridine rings is 1. The van der Waals surface area contributed by atoms with Crippen LogP contribution in [0, 0.1) is 5.82 Å². The molecule has 0 unspecified atom stereocenters. The number of rotatable bonds is 4. The highest BCUT2D eigenvalue weighted by molar-refractivity contribution is 6.07. The number of fused-ring (bicyclic) bond motifs is 4. The van der Waals surface area contributed by atoms with E-state index in [1.807, 2.05) is 35.9 Å². The molecule has 2 aromatic carbocycles. The van der Waals surface area contributed by atoms with E-state index in [9.17, 15) is 9.18 Å². The largest absolute Gasteiger partial charge is 0.438 e. The van der Waals surface area contributed by atoms with Crippen molar-refractivity contribution in [2.75, 3.05) is 0 Å². The molecule has 0 atom stereocenters. The van der Waals surface area contributed by atoms with Crippen LogP contribution in [0.15, 0.2) is 71.9 Å². The Kier molecular flexibility index (Phi) is 4.22. The van der Waals surface area contributed by atoms with Crippen molar-refractivity contribution in [2.45, 2.75) is 6.54 Å². The van der Waals surface area contributed by atoms with Gasteiger partial charge in [0.1, 0.15) is 17.1 Å². The topological polar surface area (TPSA) is 90.6 Å². The van der Waals surface area contributed by atoms with Crippen LogP contribution in [0.5, 0.6) is 11.6 Å². The smallest absolute Gasteiger partial charge is 0.291 e. The van der Waals surface area contributed by atoms with Gasteiger partial charge in [-0.15, -0.1) is 0 Å². The number of aromatic nitrogens is 6. The summed E-state index contributed by atoms with van der Waals surface area (Å²) in [6.07, 6.45) is 4.96. The van der Waals surface area contributed by atoms with E-state index in [0.717, 1.165) is 27.2 Å². The molecule has 1 N–H and O–H groups in total. The van der Waals surface area contributed by atoms with Crippen molar-refractivity contribution in [3.8, 4) is 11.6 Å². The Morgan fingerprint density at radius 2 is 1.94 bits per heavy atom. The molecule has 0 amide bonds. The van der Waals surface area contributed by atoms with Gasteiger partial charge >= 0.3 is 0 Å². The Hall–Kier alpha value is -4.53. The first-order chi connectivity index (χ1) is 16.1. The molecule has 0 aliphatic rings. The summed E-state index contributed by atoms with van der Waals surface area (Å²) in [4.78, 5) is 17.5. The average molecular weight is 440 g/mol. The van der Waals surface area contributed by atoms with Gasteiger partial charge < -0.3 is 9.30 Å². The lowest BCUT2D eigenvalue weighted by atomic mass is 10.2. The average Bonchev–Trinajstić information content (AvgIpc) is 3.41. The number of halogens is 1. The maximum absolute atomic E-state index is 14.1. The first kappa shape index (κ1) is 19.2. The minimum Gasteiger partial charge on any atom is -0.438 e. The van der Waals surface area contributed by atoms with Crippen molar-refractivity contribution in [1.82, 2.24) is 29.5 Å². The van der Waals surface area contributed by atoms with Gasteiger partial charge in [-0.05, 0) is 24.3 Å². The third-order valence-electron chi connectivity index (χ3n) is 5.80. The molecule has 4 heterocycles. The molecule has 8 nitrogen and oxygen atoms in total. The third kappa shape index (κ3) is 3.05. The third-order valence-corrected chi connectivity index (χ3v) is 5.80. The molecule has 0 fully saturated rings. The SMILES string of the molecule is Cn1c2cc(Oc3nccc4[nH]ncc34)ccc2c2cnn(Cc3ccccc3F)c(=O)c21. The molecule has 33 heavy (non-hydrogen) atoms. The lowest BCUT2D eigenvalue weighted by Crippen LogP contribution is -2.24. The summed E-state index contributed by atoms with van der Waals surface area (Å²) in [5, 5.41) is 13.6. The van der Waals surface area contributed by atoms with Crippen molar-refractivity contribution in [3.63, 3.8) is 0 Å². The zero-order valence-corrected chi connectivity index (χ0v) is 17.5. The van der Waals surface area contributed by atoms with Crippen LogP contribution in [0.25, 0.3) is 32.7 Å². The summed E-state index contributed by atoms with van der Waals surface area (Å²) in [7, 11) is 1.82. The van der Waals surface area contributed by atoms with Gasteiger partial charge in [0, 0.05) is 35.6 Å². The molecule has 162 valence electrons. The molecule has 6 aromatic rings. The molecule has 0 saturated heterocycles. The van der Waals surface area contributed by atoms with Gasteiger partial charge in [-0.25, -0.2) is 14.1 Å². The molecule has 0 aliphatic heterocycles. The number of H-pyrrole nitrogens is 1. The van der Waals surface area contributed by atoms with Gasteiger partial charge in [0.05, 0.1) is 35.4 Å². The molecule has 4 aromatic heterocycles. The standard InChI is InChI=1S/C24H17FN6O2/c1-30-21-10-15(33-23-18-11-27-29-20(18)8-9-26-23)6-7-16(21)17-12-28-31(24(32)22(17)30)13-14-4-2-3-5-19(14)25/h2-12H,13H2,1H3,(H,27,29). The molecule has 0 aliphatic carbocycles. The van der Waals surface area contributed by atoms with E-state index in [1.165, 1.54) is 10.7 Å². The number of aromatic amines is 1. The molecule has 0 bridgehead atoms. The molecule has 6 rings (SSSR count). The second-order valence-corrected chi connectivity index (χ2v) is 7.75. The number of benzene rings is 2. The summed E-state index contributed by atoms with van der Waals surface area (Å²) in [6, 6.07) is 13.8. The number of hydrogen-bond donors (Lipinski definition) is 1. The van der Waals surface area contributed by atoms with Crippen LogP contribution in [0.1, 0.15) is 5.56 Å². The fraction of sp³-hybridized carbons (Fsp3) is 0.0833. The Morgan fingerprint density at radius 1 is 1.06 bits per heavy atom. The minimum absolute atomic E-state index is 0.0533. The molecule has 0 spiro atoms. The number of ether oxygens (including phenoxy) is 1. The van der Waals surface area contributed by atoms with Gasteiger partial charge in [0.25, 0.3) is 5.56 Å². The monoisotopic (exact) mass is 440 g/mol. The second kappa shape index (κ2) is 7.27. The molecule has 0 saturated carbocycles. The van der Waals surface area contributed by atoms with E-state index in [4.69, 9.17) is 4.74 Å². The van der Waals surface area contributed by atoms with Crippen molar-refractivity contribution in [3.05, 3.63) is 88.9 Å². The lowest BCUT2D eigenvalue weighted by molar-refractivity contribution is 0.470. The van der Waals surface area contributed by atoms with Gasteiger partial charge in [-0.2, -0.15) is 10.2 Å². The fourth-order valence-electron chi connectivity index (χ4n) is 4.14. The van der Waals surface area contributed by atoms with Crippen molar-refractivity contribution in [2.24, 2.45) is 7.05 Å². The second-order valence-electron chi connectivity index (χ2n) is 7.75. The van der Waals surface area contributed by atoms with Crippen LogP contribution >= 0.6 is 0 Å². The van der Waals surface area contributed by atoms with Crippen molar-refractivity contribution in [1.29, 1.82) is 0 Å². The molecular formula is C24H17FN6O2. The van der Waals surface area contributed by atoms with Crippen LogP contribution in [-0.2, 0) is 13.6 Å². The van der Waals surface area contributed by atoms with Crippen LogP contribution < -0.4 is 10.3 Å². The number of hydrogen-bond acceptors (Lipinski definition) is 5. The van der Waals surface area contributed by atoms with Crippen LogP contribution in [-0.4, -0.2) is 29.5 Å². The maximum atomic E-state index is 14.1. The van der Waals surface area contributed by atoms with Crippen molar-refractivity contribution < 1.29 is 9.13 Å². The van der Waals surface area contributed by atoms with E-state index in [-0.39, 0.29) is 17.9 Å². The highest BCUT2D eigenvalue weighted by Gasteiger charge is 2.16. The Bertz CT molecular complexity index is 1730. The van der Waals surface area contributed by atoms with Crippen LogP contribution in [0.2, 0.25) is 0 Å². The summed E-state index contributed by atoms with van der Waals surface area (Å²) in [5.74, 6) is 0.647. The van der Waals surface area contributed by atoms with Gasteiger partial charge in [-0.1, -0.05) is 18.2 Å². The zero-order chi connectivity index (χ0) is 22.5.